The molecule has 0 unspecified atom stereocenters. The van der Waals surface area contributed by atoms with Gasteiger partial charge in [-0.25, -0.2) is 4.39 Å². The molecule has 0 aliphatic heterocycles. The van der Waals surface area contributed by atoms with Gasteiger partial charge >= 0.3 is 5.97 Å². The van der Waals surface area contributed by atoms with Crippen LogP contribution in [-0.4, -0.2) is 13.1 Å². The van der Waals surface area contributed by atoms with Gasteiger partial charge in [-0.1, -0.05) is 56.2 Å². The van der Waals surface area contributed by atoms with Gasteiger partial charge in [0.1, 0.15) is 18.2 Å². The monoisotopic (exact) mass is 540 g/mol. The molecule has 0 N–H and O–H groups in total. The first-order valence-corrected chi connectivity index (χ1v) is 15.0. The quantitative estimate of drug-likeness (QED) is 0.293. The molecular formula is C36H41FO3. The van der Waals surface area contributed by atoms with Crippen molar-refractivity contribution in [3.8, 4) is 16.9 Å². The van der Waals surface area contributed by atoms with E-state index in [4.69, 9.17) is 9.47 Å². The lowest BCUT2D eigenvalue weighted by Gasteiger charge is -2.51. The first-order chi connectivity index (χ1) is 19.2. The van der Waals surface area contributed by atoms with Crippen LogP contribution in [0.4, 0.5) is 4.39 Å². The average Bonchev–Trinajstić information content (AvgIpc) is 3.30. The highest BCUT2D eigenvalue weighted by Gasteiger charge is 2.53. The number of halogens is 1. The van der Waals surface area contributed by atoms with E-state index in [2.05, 4.69) is 50.2 Å². The molecule has 0 amide bonds. The zero-order valence-electron chi connectivity index (χ0n) is 24.3. The number of carbonyl (C=O) groups excluding carboxylic acids is 1. The maximum Gasteiger partial charge on any atom is 0.309 e. The Morgan fingerprint density at radius 1 is 0.950 bits per heavy atom. The SMILES string of the molecule is COC(=O)[C@H]1CC[C@]12CCCc1ccc(OCc3ccc(-c4cc(C)ccc4F)c([C@@H]4CCCC4(C)C)c3)cc12. The number of esters is 1. The highest BCUT2D eigenvalue weighted by molar-refractivity contribution is 5.76. The van der Waals surface area contributed by atoms with Gasteiger partial charge in [0.15, 0.2) is 0 Å². The van der Waals surface area contributed by atoms with Gasteiger partial charge in [0.05, 0.1) is 13.0 Å². The van der Waals surface area contributed by atoms with Gasteiger partial charge in [-0.05, 0) is 115 Å². The molecule has 3 nitrogen and oxygen atoms in total. The molecule has 2 saturated carbocycles. The van der Waals surface area contributed by atoms with E-state index < -0.39 is 0 Å². The van der Waals surface area contributed by atoms with E-state index in [0.29, 0.717) is 18.1 Å². The van der Waals surface area contributed by atoms with Crippen molar-refractivity contribution in [2.45, 2.75) is 90.1 Å². The van der Waals surface area contributed by atoms with Crippen molar-refractivity contribution in [3.05, 3.63) is 88.2 Å². The third-order valence-electron chi connectivity index (χ3n) is 10.3. The molecule has 3 aromatic rings. The van der Waals surface area contributed by atoms with Crippen LogP contribution in [-0.2, 0) is 28.0 Å². The van der Waals surface area contributed by atoms with Crippen LogP contribution in [0.15, 0.2) is 54.6 Å². The minimum Gasteiger partial charge on any atom is -0.489 e. The summed E-state index contributed by atoms with van der Waals surface area (Å²) in [7, 11) is 1.50. The van der Waals surface area contributed by atoms with Crippen LogP contribution in [0.3, 0.4) is 0 Å². The Morgan fingerprint density at radius 3 is 2.52 bits per heavy atom. The molecule has 1 spiro atoms. The zero-order chi connectivity index (χ0) is 28.1. The highest BCUT2D eigenvalue weighted by Crippen LogP contribution is 2.56. The summed E-state index contributed by atoms with van der Waals surface area (Å²) >= 11 is 0. The van der Waals surface area contributed by atoms with E-state index >= 15 is 4.39 Å². The van der Waals surface area contributed by atoms with Crippen molar-refractivity contribution in [2.75, 3.05) is 7.11 Å². The summed E-state index contributed by atoms with van der Waals surface area (Å²) in [6.07, 6.45) is 8.59. The number of hydrogen-bond donors (Lipinski definition) is 0. The average molecular weight is 541 g/mol. The van der Waals surface area contributed by atoms with Crippen LogP contribution in [0.1, 0.15) is 92.5 Å². The molecule has 3 aromatic carbocycles. The second-order valence-corrected chi connectivity index (χ2v) is 13.1. The second kappa shape index (κ2) is 10.4. The topological polar surface area (TPSA) is 35.5 Å². The summed E-state index contributed by atoms with van der Waals surface area (Å²) in [5.74, 6) is 0.902. The molecular weight excluding hydrogens is 499 g/mol. The van der Waals surface area contributed by atoms with Gasteiger partial charge in [0.25, 0.3) is 0 Å². The van der Waals surface area contributed by atoms with Crippen molar-refractivity contribution >= 4 is 5.97 Å². The van der Waals surface area contributed by atoms with Crippen molar-refractivity contribution in [2.24, 2.45) is 11.3 Å². The maximum atomic E-state index is 15.1. The maximum absolute atomic E-state index is 15.1. The molecule has 0 radical (unpaired) electrons. The van der Waals surface area contributed by atoms with Gasteiger partial charge in [-0.3, -0.25) is 4.79 Å². The number of ether oxygens (including phenoxy) is 2. The van der Waals surface area contributed by atoms with Gasteiger partial charge in [0, 0.05) is 11.0 Å². The van der Waals surface area contributed by atoms with Crippen LogP contribution < -0.4 is 4.74 Å². The molecule has 210 valence electrons. The second-order valence-electron chi connectivity index (χ2n) is 13.1. The van der Waals surface area contributed by atoms with E-state index in [1.807, 2.05) is 19.1 Å². The predicted octanol–water partition coefficient (Wildman–Crippen LogP) is 8.83. The van der Waals surface area contributed by atoms with Gasteiger partial charge in [0.2, 0.25) is 0 Å². The predicted molar refractivity (Wildman–Crippen MR) is 157 cm³/mol. The molecule has 0 aromatic heterocycles. The Labute approximate surface area is 238 Å². The van der Waals surface area contributed by atoms with Crippen molar-refractivity contribution in [1.82, 2.24) is 0 Å². The minimum atomic E-state index is -0.170. The smallest absolute Gasteiger partial charge is 0.309 e. The number of carbonyl (C=O) groups is 1. The normalized spacial score (nSPS) is 24.8. The summed E-state index contributed by atoms with van der Waals surface area (Å²) in [6, 6.07) is 18.3. The Balaban J connectivity index is 1.30. The van der Waals surface area contributed by atoms with E-state index in [1.54, 1.807) is 6.07 Å². The molecule has 2 fully saturated rings. The molecule has 3 atom stereocenters. The summed E-state index contributed by atoms with van der Waals surface area (Å²) in [5, 5.41) is 0. The summed E-state index contributed by atoms with van der Waals surface area (Å²) in [4.78, 5) is 12.6. The first-order valence-electron chi connectivity index (χ1n) is 15.0. The molecule has 3 aliphatic carbocycles. The molecule has 40 heavy (non-hydrogen) atoms. The fourth-order valence-corrected chi connectivity index (χ4v) is 7.95. The van der Waals surface area contributed by atoms with Crippen LogP contribution in [0.25, 0.3) is 11.1 Å². The third-order valence-corrected chi connectivity index (χ3v) is 10.3. The molecule has 0 saturated heterocycles. The van der Waals surface area contributed by atoms with Crippen LogP contribution in [0, 0.1) is 24.1 Å². The number of aryl methyl sites for hydroxylation is 2. The zero-order valence-corrected chi connectivity index (χ0v) is 24.3. The molecule has 4 heteroatoms. The molecule has 6 rings (SSSR count). The minimum absolute atomic E-state index is 0.0568. The Bertz CT molecular complexity index is 1440. The van der Waals surface area contributed by atoms with Crippen molar-refractivity contribution in [3.63, 3.8) is 0 Å². The lowest BCUT2D eigenvalue weighted by molar-refractivity contribution is -0.153. The summed E-state index contributed by atoms with van der Waals surface area (Å²) in [6.45, 7) is 7.15. The van der Waals surface area contributed by atoms with E-state index in [0.717, 1.165) is 61.0 Å². The van der Waals surface area contributed by atoms with Gasteiger partial charge < -0.3 is 9.47 Å². The van der Waals surface area contributed by atoms with E-state index in [1.165, 1.54) is 36.6 Å². The Hall–Kier alpha value is -3.14. The molecule has 3 aliphatic rings. The fourth-order valence-electron chi connectivity index (χ4n) is 7.95. The number of fused-ring (bicyclic) bond motifs is 2. The van der Waals surface area contributed by atoms with E-state index in [9.17, 15) is 4.79 Å². The number of methoxy groups -OCH3 is 1. The lowest BCUT2D eigenvalue weighted by Crippen LogP contribution is -2.50. The summed E-state index contributed by atoms with van der Waals surface area (Å²) in [5.41, 5.74) is 7.74. The molecule has 0 heterocycles. The van der Waals surface area contributed by atoms with Crippen LogP contribution >= 0.6 is 0 Å². The Morgan fingerprint density at radius 2 is 1.80 bits per heavy atom. The van der Waals surface area contributed by atoms with E-state index in [-0.39, 0.29) is 28.5 Å². The van der Waals surface area contributed by atoms with Crippen LogP contribution in [0.5, 0.6) is 5.75 Å². The summed E-state index contributed by atoms with van der Waals surface area (Å²) < 4.78 is 26.6. The van der Waals surface area contributed by atoms with Gasteiger partial charge in [-0.2, -0.15) is 0 Å². The van der Waals surface area contributed by atoms with Crippen LogP contribution in [0.2, 0.25) is 0 Å². The number of hydrogen-bond acceptors (Lipinski definition) is 3. The fraction of sp³-hybridized carbons (Fsp3) is 0.472. The third kappa shape index (κ3) is 4.63. The van der Waals surface area contributed by atoms with Crippen molar-refractivity contribution < 1.29 is 18.7 Å². The lowest BCUT2D eigenvalue weighted by atomic mass is 9.52. The highest BCUT2D eigenvalue weighted by atomic mass is 19.1. The largest absolute Gasteiger partial charge is 0.489 e. The number of rotatable bonds is 6. The molecule has 0 bridgehead atoms. The van der Waals surface area contributed by atoms with Crippen molar-refractivity contribution in [1.29, 1.82) is 0 Å². The number of benzene rings is 3. The Kier molecular flexibility index (Phi) is 7.01. The standard InChI is InChI=1S/C36H41FO3/c1-23-9-14-33(37)29(19-23)27-13-10-24(20-28(27)30-8-6-16-35(30,2)3)22-40-26-12-11-25-7-5-17-36(32(25)21-26)18-15-31(36)34(38)39-4/h9-14,19-21,30-31H,5-8,15-18,22H2,1-4H3/t30-,31+,36+/m0/s1. The first kappa shape index (κ1) is 27.1. The van der Waals surface area contributed by atoms with Gasteiger partial charge in [-0.15, -0.1) is 0 Å².